The minimum Gasteiger partial charge on any atom is -0.480 e. The van der Waals surface area contributed by atoms with Crippen molar-refractivity contribution >= 4 is 5.97 Å². The lowest BCUT2D eigenvalue weighted by Gasteiger charge is -2.14. The summed E-state index contributed by atoms with van der Waals surface area (Å²) in [6.45, 7) is 4.58. The molecule has 1 saturated heterocycles. The lowest BCUT2D eigenvalue weighted by atomic mass is 10.1. The van der Waals surface area contributed by atoms with Crippen LogP contribution in [0.2, 0.25) is 0 Å². The predicted octanol–water partition coefficient (Wildman–Crippen LogP) is 0.563. The van der Waals surface area contributed by atoms with Gasteiger partial charge in [0.05, 0.1) is 0 Å². The van der Waals surface area contributed by atoms with Crippen LogP contribution >= 0.6 is 0 Å². The third kappa shape index (κ3) is 7.63. The summed E-state index contributed by atoms with van der Waals surface area (Å²) >= 11 is 0. The van der Waals surface area contributed by atoms with Crippen LogP contribution in [0, 0.1) is 0 Å². The van der Waals surface area contributed by atoms with E-state index in [4.69, 9.17) is 5.11 Å². The van der Waals surface area contributed by atoms with Crippen LogP contribution in [0.4, 0.5) is 0 Å². The van der Waals surface area contributed by atoms with Gasteiger partial charge in [0, 0.05) is 13.1 Å². The molecule has 1 heterocycles. The Kier molecular flexibility index (Phi) is 8.81. The first-order valence-corrected chi connectivity index (χ1v) is 7.18. The van der Waals surface area contributed by atoms with E-state index in [0.717, 1.165) is 39.1 Å². The number of aliphatic carboxylic acids is 1. The van der Waals surface area contributed by atoms with Crippen LogP contribution in [0.3, 0.4) is 0 Å². The van der Waals surface area contributed by atoms with Gasteiger partial charge in [0.2, 0.25) is 0 Å². The summed E-state index contributed by atoms with van der Waals surface area (Å²) in [4.78, 5) is 11.0. The molecule has 0 saturated carbocycles. The van der Waals surface area contributed by atoms with Gasteiger partial charge in [-0.1, -0.05) is 12.8 Å². The smallest absolute Gasteiger partial charge is 0.320 e. The SMILES string of the molecule is O=C(O)C1CCCNCCCCCCNCCN1. The van der Waals surface area contributed by atoms with Crippen molar-refractivity contribution in [2.45, 2.75) is 44.6 Å². The fourth-order valence-corrected chi connectivity index (χ4v) is 2.18. The zero-order chi connectivity index (χ0) is 13.1. The van der Waals surface area contributed by atoms with Crippen molar-refractivity contribution in [1.29, 1.82) is 0 Å². The lowest BCUT2D eigenvalue weighted by molar-refractivity contribution is -0.139. The lowest BCUT2D eigenvalue weighted by Crippen LogP contribution is -2.40. The molecule has 0 aromatic rings. The minimum absolute atomic E-state index is 0.404. The van der Waals surface area contributed by atoms with Gasteiger partial charge in [0.25, 0.3) is 0 Å². The van der Waals surface area contributed by atoms with Gasteiger partial charge >= 0.3 is 5.97 Å². The van der Waals surface area contributed by atoms with E-state index in [9.17, 15) is 4.79 Å². The highest BCUT2D eigenvalue weighted by atomic mass is 16.4. The van der Waals surface area contributed by atoms with Crippen molar-refractivity contribution in [2.24, 2.45) is 0 Å². The van der Waals surface area contributed by atoms with Crippen LogP contribution in [0.25, 0.3) is 0 Å². The molecule has 1 aliphatic rings. The van der Waals surface area contributed by atoms with Gasteiger partial charge in [-0.25, -0.2) is 0 Å². The van der Waals surface area contributed by atoms with E-state index in [1.165, 1.54) is 25.7 Å². The van der Waals surface area contributed by atoms with E-state index in [-0.39, 0.29) is 0 Å². The third-order valence-electron chi connectivity index (χ3n) is 3.29. The minimum atomic E-state index is -0.737. The van der Waals surface area contributed by atoms with Crippen LogP contribution in [0.1, 0.15) is 38.5 Å². The molecule has 0 aromatic heterocycles. The zero-order valence-electron chi connectivity index (χ0n) is 11.2. The maximum atomic E-state index is 11.0. The quantitative estimate of drug-likeness (QED) is 0.552. The number of nitrogens with one attached hydrogen (secondary N) is 3. The molecule has 1 fully saturated rings. The summed E-state index contributed by atoms with van der Waals surface area (Å²) < 4.78 is 0. The summed E-state index contributed by atoms with van der Waals surface area (Å²) in [6.07, 6.45) is 6.60. The molecule has 0 spiro atoms. The Bertz CT molecular complexity index is 208. The van der Waals surface area contributed by atoms with Crippen LogP contribution in [-0.4, -0.2) is 49.8 Å². The summed E-state index contributed by atoms with van der Waals surface area (Å²) in [6, 6.07) is -0.404. The number of carboxylic acid groups (broad SMARTS) is 1. The molecule has 1 atom stereocenters. The Hall–Kier alpha value is -0.650. The Morgan fingerprint density at radius 2 is 1.44 bits per heavy atom. The zero-order valence-corrected chi connectivity index (χ0v) is 11.2. The maximum Gasteiger partial charge on any atom is 0.320 e. The van der Waals surface area contributed by atoms with Crippen LogP contribution in [0.5, 0.6) is 0 Å². The number of hydrogen-bond acceptors (Lipinski definition) is 4. The second kappa shape index (κ2) is 10.3. The van der Waals surface area contributed by atoms with Crippen molar-refractivity contribution in [3.05, 3.63) is 0 Å². The van der Waals surface area contributed by atoms with Gasteiger partial charge in [-0.3, -0.25) is 4.79 Å². The van der Waals surface area contributed by atoms with E-state index in [0.29, 0.717) is 6.42 Å². The number of hydrogen-bond donors (Lipinski definition) is 4. The van der Waals surface area contributed by atoms with Gasteiger partial charge in [0.15, 0.2) is 0 Å². The molecule has 106 valence electrons. The van der Waals surface area contributed by atoms with Gasteiger partial charge in [0.1, 0.15) is 6.04 Å². The second-order valence-electron chi connectivity index (χ2n) is 4.90. The first kappa shape index (κ1) is 15.4. The molecule has 4 N–H and O–H groups in total. The van der Waals surface area contributed by atoms with Gasteiger partial charge in [-0.15, -0.1) is 0 Å². The highest BCUT2D eigenvalue weighted by molar-refractivity contribution is 5.73. The highest BCUT2D eigenvalue weighted by Crippen LogP contribution is 2.00. The molecule has 0 aromatic carbocycles. The fourth-order valence-electron chi connectivity index (χ4n) is 2.18. The Morgan fingerprint density at radius 3 is 2.11 bits per heavy atom. The van der Waals surface area contributed by atoms with Gasteiger partial charge < -0.3 is 21.1 Å². The Morgan fingerprint density at radius 1 is 0.833 bits per heavy atom. The standard InChI is InChI=1S/C13H27N3O2/c17-13(18)12-6-5-9-14-7-3-1-2-4-8-15-10-11-16-12/h12,14-16H,1-11H2,(H,17,18). The predicted molar refractivity (Wildman–Crippen MR) is 72.9 cm³/mol. The summed E-state index contributed by atoms with van der Waals surface area (Å²) in [5.41, 5.74) is 0. The third-order valence-corrected chi connectivity index (χ3v) is 3.29. The number of carboxylic acids is 1. The summed E-state index contributed by atoms with van der Waals surface area (Å²) in [7, 11) is 0. The normalized spacial score (nSPS) is 25.9. The molecule has 0 amide bonds. The molecule has 0 bridgehead atoms. The highest BCUT2D eigenvalue weighted by Gasteiger charge is 2.15. The second-order valence-corrected chi connectivity index (χ2v) is 4.90. The average Bonchev–Trinajstić information content (AvgIpc) is 2.36. The monoisotopic (exact) mass is 257 g/mol. The molecule has 0 aliphatic carbocycles. The van der Waals surface area contributed by atoms with E-state index in [1.54, 1.807) is 0 Å². The maximum absolute atomic E-state index is 11.0. The van der Waals surface area contributed by atoms with E-state index < -0.39 is 12.0 Å². The molecule has 0 radical (unpaired) electrons. The molecular formula is C13H27N3O2. The molecule has 1 unspecified atom stereocenters. The molecule has 1 rings (SSSR count). The van der Waals surface area contributed by atoms with Crippen LogP contribution < -0.4 is 16.0 Å². The number of carbonyl (C=O) groups is 1. The van der Waals surface area contributed by atoms with E-state index >= 15 is 0 Å². The molecule has 5 nitrogen and oxygen atoms in total. The van der Waals surface area contributed by atoms with Crippen molar-refractivity contribution in [2.75, 3.05) is 32.7 Å². The van der Waals surface area contributed by atoms with Crippen LogP contribution in [0.15, 0.2) is 0 Å². The average molecular weight is 257 g/mol. The van der Waals surface area contributed by atoms with Crippen molar-refractivity contribution < 1.29 is 9.90 Å². The van der Waals surface area contributed by atoms with Crippen molar-refractivity contribution in [1.82, 2.24) is 16.0 Å². The fraction of sp³-hybridized carbons (Fsp3) is 0.923. The summed E-state index contributed by atoms with van der Waals surface area (Å²) in [5.74, 6) is -0.737. The van der Waals surface area contributed by atoms with Crippen molar-refractivity contribution in [3.63, 3.8) is 0 Å². The molecule has 5 heteroatoms. The first-order chi connectivity index (χ1) is 8.80. The summed E-state index contributed by atoms with van der Waals surface area (Å²) in [5, 5.41) is 18.9. The first-order valence-electron chi connectivity index (χ1n) is 7.18. The van der Waals surface area contributed by atoms with Crippen LogP contribution in [-0.2, 0) is 4.79 Å². The van der Waals surface area contributed by atoms with Crippen molar-refractivity contribution in [3.8, 4) is 0 Å². The number of rotatable bonds is 1. The van der Waals surface area contributed by atoms with Gasteiger partial charge in [-0.05, 0) is 45.3 Å². The van der Waals surface area contributed by atoms with E-state index in [2.05, 4.69) is 16.0 Å². The van der Waals surface area contributed by atoms with Gasteiger partial charge in [-0.2, -0.15) is 0 Å². The Balaban J connectivity index is 2.26. The topological polar surface area (TPSA) is 73.4 Å². The molecule has 18 heavy (non-hydrogen) atoms. The largest absolute Gasteiger partial charge is 0.480 e. The molecular weight excluding hydrogens is 230 g/mol. The molecule has 1 aliphatic heterocycles. The Labute approximate surface area is 110 Å². The van der Waals surface area contributed by atoms with E-state index in [1.807, 2.05) is 0 Å².